The van der Waals surface area contributed by atoms with Crippen LogP contribution in [0.15, 0.2) is 41.8 Å². The van der Waals surface area contributed by atoms with Gasteiger partial charge in [-0.1, -0.05) is 29.8 Å². The minimum Gasteiger partial charge on any atom is -0.381 e. The lowest BCUT2D eigenvalue weighted by Gasteiger charge is -2.34. The van der Waals surface area contributed by atoms with Gasteiger partial charge in [-0.05, 0) is 42.0 Å². The Labute approximate surface area is 151 Å². The zero-order chi connectivity index (χ0) is 16.8. The Hall–Kier alpha value is -1.56. The van der Waals surface area contributed by atoms with E-state index in [1.807, 2.05) is 40.6 Å². The van der Waals surface area contributed by atoms with Crippen LogP contribution < -0.4 is 5.32 Å². The second-order valence-electron chi connectivity index (χ2n) is 5.84. The number of hydrogen-bond acceptors (Lipinski definition) is 3. The fourth-order valence-corrected chi connectivity index (χ4v) is 3.64. The van der Waals surface area contributed by atoms with Crippen LogP contribution >= 0.6 is 22.9 Å². The highest BCUT2D eigenvalue weighted by atomic mass is 35.5. The van der Waals surface area contributed by atoms with E-state index >= 15 is 0 Å². The topological polar surface area (TPSA) is 41.6 Å². The number of thiophene rings is 1. The van der Waals surface area contributed by atoms with E-state index < -0.39 is 0 Å². The summed E-state index contributed by atoms with van der Waals surface area (Å²) < 4.78 is 5.44. The number of nitrogens with zero attached hydrogens (tertiary/aromatic N) is 1. The minimum atomic E-state index is -0.0229. The van der Waals surface area contributed by atoms with Gasteiger partial charge in [-0.2, -0.15) is 0 Å². The summed E-state index contributed by atoms with van der Waals surface area (Å²) in [4.78, 5) is 15.9. The van der Waals surface area contributed by atoms with E-state index in [1.165, 1.54) is 4.88 Å². The first-order valence-electron chi connectivity index (χ1n) is 8.11. The average Bonchev–Trinajstić information content (AvgIpc) is 3.13. The number of nitrogens with one attached hydrogen (secondary N) is 1. The zero-order valence-electron chi connectivity index (χ0n) is 13.4. The summed E-state index contributed by atoms with van der Waals surface area (Å²) in [6.45, 7) is 2.58. The third kappa shape index (κ3) is 4.72. The van der Waals surface area contributed by atoms with Gasteiger partial charge in [0.25, 0.3) is 0 Å². The first-order chi connectivity index (χ1) is 11.7. The molecule has 0 spiro atoms. The van der Waals surface area contributed by atoms with Gasteiger partial charge in [-0.15, -0.1) is 11.3 Å². The van der Waals surface area contributed by atoms with Gasteiger partial charge < -0.3 is 15.0 Å². The van der Waals surface area contributed by atoms with Crippen molar-refractivity contribution in [1.29, 1.82) is 0 Å². The highest BCUT2D eigenvalue weighted by Crippen LogP contribution is 2.20. The van der Waals surface area contributed by atoms with Crippen molar-refractivity contribution in [2.24, 2.45) is 0 Å². The lowest BCUT2D eigenvalue weighted by atomic mass is 10.1. The number of carbonyl (C=O) groups is 1. The molecule has 24 heavy (non-hydrogen) atoms. The Balaban J connectivity index is 1.64. The largest absolute Gasteiger partial charge is 0.381 e. The second-order valence-corrected chi connectivity index (χ2v) is 7.30. The van der Waals surface area contributed by atoms with Crippen molar-refractivity contribution in [2.45, 2.75) is 32.0 Å². The van der Waals surface area contributed by atoms with Crippen LogP contribution in [0.2, 0.25) is 5.02 Å². The monoisotopic (exact) mass is 364 g/mol. The van der Waals surface area contributed by atoms with E-state index in [1.54, 1.807) is 11.3 Å². The molecule has 6 heteroatoms. The van der Waals surface area contributed by atoms with Crippen LogP contribution in [0.5, 0.6) is 0 Å². The lowest BCUT2D eigenvalue weighted by molar-refractivity contribution is 0.0439. The highest BCUT2D eigenvalue weighted by molar-refractivity contribution is 7.09. The van der Waals surface area contributed by atoms with Gasteiger partial charge in [0.05, 0.1) is 6.54 Å². The minimum absolute atomic E-state index is 0.0229. The van der Waals surface area contributed by atoms with Crippen LogP contribution in [0.1, 0.15) is 23.3 Å². The van der Waals surface area contributed by atoms with Crippen LogP contribution in [0.4, 0.5) is 4.79 Å². The van der Waals surface area contributed by atoms with Crippen molar-refractivity contribution in [1.82, 2.24) is 10.2 Å². The van der Waals surface area contributed by atoms with Crippen molar-refractivity contribution >= 4 is 29.0 Å². The lowest BCUT2D eigenvalue weighted by Crippen LogP contribution is -2.47. The standard InChI is InChI=1S/C18H21ClN2O2S/c19-15-5-3-14(4-6-15)12-20-18(22)21(13-17-2-1-11-24-17)16-7-9-23-10-8-16/h1-6,11,16H,7-10,12-13H2,(H,20,22). The molecule has 0 radical (unpaired) electrons. The van der Waals surface area contributed by atoms with Gasteiger partial charge in [0.1, 0.15) is 0 Å². The Morgan fingerprint density at radius 3 is 2.67 bits per heavy atom. The number of amides is 2. The Kier molecular flexibility index (Phi) is 6.12. The summed E-state index contributed by atoms with van der Waals surface area (Å²) in [5.74, 6) is 0. The van der Waals surface area contributed by atoms with E-state index in [0.717, 1.165) is 31.6 Å². The smallest absolute Gasteiger partial charge is 0.318 e. The molecular formula is C18H21ClN2O2S. The molecule has 2 heterocycles. The maximum absolute atomic E-state index is 12.8. The Bertz CT molecular complexity index is 640. The molecule has 3 rings (SSSR count). The predicted molar refractivity (Wildman–Crippen MR) is 97.4 cm³/mol. The van der Waals surface area contributed by atoms with Crippen molar-refractivity contribution < 1.29 is 9.53 Å². The van der Waals surface area contributed by atoms with Gasteiger partial charge in [0.2, 0.25) is 0 Å². The third-order valence-electron chi connectivity index (χ3n) is 4.16. The summed E-state index contributed by atoms with van der Waals surface area (Å²) in [5, 5.41) is 5.78. The molecule has 0 aliphatic carbocycles. The molecule has 128 valence electrons. The maximum Gasteiger partial charge on any atom is 0.318 e. The van der Waals surface area contributed by atoms with E-state index in [2.05, 4.69) is 11.4 Å². The number of ether oxygens (including phenoxy) is 1. The summed E-state index contributed by atoms with van der Waals surface area (Å²) in [6.07, 6.45) is 1.78. The fraction of sp³-hybridized carbons (Fsp3) is 0.389. The molecule has 4 nitrogen and oxygen atoms in total. The van der Waals surface area contributed by atoms with Gasteiger partial charge in [-0.3, -0.25) is 0 Å². The molecule has 0 atom stereocenters. The molecule has 2 amide bonds. The summed E-state index contributed by atoms with van der Waals surface area (Å²) in [7, 11) is 0. The molecular weight excluding hydrogens is 344 g/mol. The second kappa shape index (κ2) is 8.51. The molecule has 1 aliphatic rings. The van der Waals surface area contributed by atoms with Gasteiger partial charge >= 0.3 is 6.03 Å². The molecule has 0 bridgehead atoms. The SMILES string of the molecule is O=C(NCc1ccc(Cl)cc1)N(Cc1cccs1)C1CCOCC1. The van der Waals surface area contributed by atoms with Gasteiger partial charge in [0, 0.05) is 35.7 Å². The predicted octanol–water partition coefficient (Wildman–Crippen LogP) is 4.29. The van der Waals surface area contributed by atoms with E-state index in [9.17, 15) is 4.79 Å². The fourth-order valence-electron chi connectivity index (χ4n) is 2.82. The average molecular weight is 365 g/mol. The zero-order valence-corrected chi connectivity index (χ0v) is 15.0. The first-order valence-corrected chi connectivity index (χ1v) is 9.37. The van der Waals surface area contributed by atoms with E-state index in [4.69, 9.17) is 16.3 Å². The number of carbonyl (C=O) groups excluding carboxylic acids is 1. The van der Waals surface area contributed by atoms with E-state index in [0.29, 0.717) is 18.1 Å². The molecule has 1 N–H and O–H groups in total. The number of urea groups is 1. The molecule has 1 aromatic carbocycles. The molecule has 0 saturated carbocycles. The van der Waals surface area contributed by atoms with Crippen LogP contribution in [-0.4, -0.2) is 30.2 Å². The third-order valence-corrected chi connectivity index (χ3v) is 5.27. The molecule has 1 saturated heterocycles. The Morgan fingerprint density at radius 2 is 2.00 bits per heavy atom. The van der Waals surface area contributed by atoms with Crippen molar-refractivity contribution in [2.75, 3.05) is 13.2 Å². The quantitative estimate of drug-likeness (QED) is 0.859. The normalized spacial score (nSPS) is 15.2. The molecule has 2 aromatic rings. The maximum atomic E-state index is 12.8. The van der Waals surface area contributed by atoms with E-state index in [-0.39, 0.29) is 12.1 Å². The van der Waals surface area contributed by atoms with Crippen LogP contribution in [0.3, 0.4) is 0 Å². The van der Waals surface area contributed by atoms with Crippen LogP contribution in [0.25, 0.3) is 0 Å². The number of benzene rings is 1. The van der Waals surface area contributed by atoms with Crippen molar-refractivity contribution in [3.8, 4) is 0 Å². The number of hydrogen-bond donors (Lipinski definition) is 1. The first kappa shape index (κ1) is 17.3. The van der Waals surface area contributed by atoms with Crippen LogP contribution in [0, 0.1) is 0 Å². The number of rotatable bonds is 5. The summed E-state index contributed by atoms with van der Waals surface area (Å²) in [6, 6.07) is 11.8. The Morgan fingerprint density at radius 1 is 1.25 bits per heavy atom. The van der Waals surface area contributed by atoms with Crippen LogP contribution in [-0.2, 0) is 17.8 Å². The van der Waals surface area contributed by atoms with Crippen molar-refractivity contribution in [3.63, 3.8) is 0 Å². The highest BCUT2D eigenvalue weighted by Gasteiger charge is 2.26. The molecule has 1 fully saturated rings. The van der Waals surface area contributed by atoms with Gasteiger partial charge in [-0.25, -0.2) is 4.79 Å². The molecule has 1 aromatic heterocycles. The summed E-state index contributed by atoms with van der Waals surface area (Å²) in [5.41, 5.74) is 1.04. The number of halogens is 1. The molecule has 0 unspecified atom stereocenters. The summed E-state index contributed by atoms with van der Waals surface area (Å²) >= 11 is 7.58. The molecule has 1 aliphatic heterocycles. The van der Waals surface area contributed by atoms with Gasteiger partial charge in [0.15, 0.2) is 0 Å². The van der Waals surface area contributed by atoms with Crippen molar-refractivity contribution in [3.05, 3.63) is 57.2 Å².